The van der Waals surface area contributed by atoms with Gasteiger partial charge in [0.25, 0.3) is 0 Å². The molecule has 0 saturated carbocycles. The van der Waals surface area contributed by atoms with Gasteiger partial charge in [-0.1, -0.05) is 19.0 Å². The van der Waals surface area contributed by atoms with Gasteiger partial charge in [-0.2, -0.15) is 0 Å². The average molecular weight is 465 g/mol. The Morgan fingerprint density at radius 3 is 2.56 bits per heavy atom. The molecule has 0 aliphatic carbocycles. The molecule has 7 nitrogen and oxygen atoms in total. The summed E-state index contributed by atoms with van der Waals surface area (Å²) in [6, 6.07) is 0. The Morgan fingerprint density at radius 2 is 1.92 bits per heavy atom. The highest BCUT2D eigenvalue weighted by molar-refractivity contribution is 14.0. The van der Waals surface area contributed by atoms with Crippen LogP contribution in [0.25, 0.3) is 0 Å². The van der Waals surface area contributed by atoms with Gasteiger partial charge in [0, 0.05) is 44.7 Å². The minimum atomic E-state index is 0. The molecule has 144 valence electrons. The third kappa shape index (κ3) is 7.10. The number of halogens is 1. The zero-order chi connectivity index (χ0) is 17.2. The van der Waals surface area contributed by atoms with Crippen molar-refractivity contribution in [3.05, 3.63) is 17.0 Å². The number of ether oxygens (including phenoxy) is 1. The second-order valence-corrected chi connectivity index (χ2v) is 5.81. The molecule has 2 rings (SSSR count). The van der Waals surface area contributed by atoms with E-state index in [1.54, 1.807) is 0 Å². The van der Waals surface area contributed by atoms with E-state index in [9.17, 15) is 0 Å². The van der Waals surface area contributed by atoms with Gasteiger partial charge in [0.15, 0.2) is 5.96 Å². The molecule has 25 heavy (non-hydrogen) atoms. The van der Waals surface area contributed by atoms with Crippen LogP contribution in [0.2, 0.25) is 0 Å². The van der Waals surface area contributed by atoms with Crippen LogP contribution in [0.5, 0.6) is 0 Å². The van der Waals surface area contributed by atoms with Gasteiger partial charge in [-0.15, -0.1) is 24.0 Å². The van der Waals surface area contributed by atoms with Crippen LogP contribution >= 0.6 is 24.0 Å². The zero-order valence-corrected chi connectivity index (χ0v) is 18.0. The number of guanidine groups is 1. The number of hydrogen-bond donors (Lipinski definition) is 2. The fourth-order valence-corrected chi connectivity index (χ4v) is 2.77. The van der Waals surface area contributed by atoms with Crippen molar-refractivity contribution in [1.29, 1.82) is 0 Å². The van der Waals surface area contributed by atoms with Crippen LogP contribution in [-0.4, -0.2) is 62.0 Å². The van der Waals surface area contributed by atoms with E-state index in [4.69, 9.17) is 14.3 Å². The fraction of sp³-hybridized carbons (Fsp3) is 0.765. The van der Waals surface area contributed by atoms with Crippen molar-refractivity contribution in [2.75, 3.05) is 45.9 Å². The second-order valence-electron chi connectivity index (χ2n) is 5.81. The van der Waals surface area contributed by atoms with E-state index in [1.807, 2.05) is 0 Å². The topological polar surface area (TPSA) is 74.9 Å². The smallest absolute Gasteiger partial charge is 0.191 e. The molecule has 0 aromatic carbocycles. The summed E-state index contributed by atoms with van der Waals surface area (Å²) >= 11 is 0. The van der Waals surface area contributed by atoms with Crippen molar-refractivity contribution < 1.29 is 9.26 Å². The lowest BCUT2D eigenvalue weighted by atomic mass is 10.1. The largest absolute Gasteiger partial charge is 0.379 e. The van der Waals surface area contributed by atoms with Gasteiger partial charge in [-0.05, 0) is 13.3 Å². The van der Waals surface area contributed by atoms with Crippen LogP contribution < -0.4 is 10.6 Å². The second kappa shape index (κ2) is 12.5. The van der Waals surface area contributed by atoms with Gasteiger partial charge in [-0.25, -0.2) is 4.99 Å². The lowest BCUT2D eigenvalue weighted by molar-refractivity contribution is 0.0389. The van der Waals surface area contributed by atoms with Gasteiger partial charge in [0.1, 0.15) is 5.76 Å². The van der Waals surface area contributed by atoms with Crippen LogP contribution in [0.3, 0.4) is 0 Å². The maximum Gasteiger partial charge on any atom is 0.191 e. The number of aromatic nitrogens is 1. The number of morpholine rings is 1. The number of hydrogen-bond acceptors (Lipinski definition) is 5. The molecule has 1 aromatic rings. The fourth-order valence-electron chi connectivity index (χ4n) is 2.77. The van der Waals surface area contributed by atoms with Crippen molar-refractivity contribution in [1.82, 2.24) is 20.7 Å². The number of aryl methyl sites for hydroxylation is 2. The quantitative estimate of drug-likeness (QED) is 0.347. The molecule has 2 N–H and O–H groups in total. The highest BCUT2D eigenvalue weighted by Crippen LogP contribution is 2.16. The Bertz CT molecular complexity index is 494. The molecule has 1 saturated heterocycles. The molecule has 0 radical (unpaired) electrons. The number of aliphatic imine (C=N–C) groups is 1. The predicted molar refractivity (Wildman–Crippen MR) is 111 cm³/mol. The summed E-state index contributed by atoms with van der Waals surface area (Å²) in [7, 11) is 0. The van der Waals surface area contributed by atoms with Crippen molar-refractivity contribution in [3.8, 4) is 0 Å². The molecule has 0 atom stereocenters. The Morgan fingerprint density at radius 1 is 1.16 bits per heavy atom. The Labute approximate surface area is 168 Å². The summed E-state index contributed by atoms with van der Waals surface area (Å²) in [5, 5.41) is 10.9. The standard InChI is InChI=1S/C17H31N5O2.HI/c1-4-15-14(16(5-2)24-21-15)13-20-17(18-6-3)19-7-8-22-9-11-23-12-10-22;/h4-13H2,1-3H3,(H2,18,19,20);1H. The van der Waals surface area contributed by atoms with Gasteiger partial charge in [-0.3, -0.25) is 4.90 Å². The van der Waals surface area contributed by atoms with Gasteiger partial charge < -0.3 is 19.9 Å². The van der Waals surface area contributed by atoms with E-state index in [0.29, 0.717) is 6.54 Å². The lowest BCUT2D eigenvalue weighted by Crippen LogP contribution is -2.44. The molecule has 2 heterocycles. The normalized spacial score (nSPS) is 15.7. The summed E-state index contributed by atoms with van der Waals surface area (Å²) in [4.78, 5) is 7.11. The Hall–Kier alpha value is -0.870. The number of nitrogens with one attached hydrogen (secondary N) is 2. The lowest BCUT2D eigenvalue weighted by Gasteiger charge is -2.26. The maximum atomic E-state index is 5.41. The van der Waals surface area contributed by atoms with E-state index in [1.165, 1.54) is 0 Å². The van der Waals surface area contributed by atoms with E-state index in [2.05, 4.69) is 41.5 Å². The van der Waals surface area contributed by atoms with Crippen LogP contribution in [0.1, 0.15) is 37.8 Å². The van der Waals surface area contributed by atoms with E-state index in [-0.39, 0.29) is 24.0 Å². The maximum absolute atomic E-state index is 5.41. The van der Waals surface area contributed by atoms with Crippen LogP contribution in [0, 0.1) is 0 Å². The van der Waals surface area contributed by atoms with Crippen molar-refractivity contribution >= 4 is 29.9 Å². The van der Waals surface area contributed by atoms with Gasteiger partial charge in [0.05, 0.1) is 25.5 Å². The summed E-state index contributed by atoms with van der Waals surface area (Å²) in [5.41, 5.74) is 2.14. The Balaban J connectivity index is 0.00000312. The van der Waals surface area contributed by atoms with Crippen LogP contribution in [0.15, 0.2) is 9.52 Å². The summed E-state index contributed by atoms with van der Waals surface area (Å²) in [5.74, 6) is 1.79. The molecule has 0 amide bonds. The molecule has 0 spiro atoms. The van der Waals surface area contributed by atoms with Crippen molar-refractivity contribution in [2.45, 2.75) is 40.2 Å². The monoisotopic (exact) mass is 465 g/mol. The molecule has 1 aliphatic heterocycles. The van der Waals surface area contributed by atoms with E-state index >= 15 is 0 Å². The molecular formula is C17H32IN5O2. The minimum Gasteiger partial charge on any atom is -0.379 e. The number of nitrogens with zero attached hydrogens (tertiary/aromatic N) is 3. The third-order valence-electron chi connectivity index (χ3n) is 4.17. The molecule has 8 heteroatoms. The van der Waals surface area contributed by atoms with Crippen LogP contribution in [-0.2, 0) is 24.1 Å². The summed E-state index contributed by atoms with van der Waals surface area (Å²) in [6.45, 7) is 13.3. The Kier molecular flexibility index (Phi) is 11.1. The average Bonchev–Trinajstić information content (AvgIpc) is 3.02. The van der Waals surface area contributed by atoms with Gasteiger partial charge in [0.2, 0.25) is 0 Å². The van der Waals surface area contributed by atoms with Crippen molar-refractivity contribution in [2.24, 2.45) is 4.99 Å². The highest BCUT2D eigenvalue weighted by atomic mass is 127. The first-order valence-electron chi connectivity index (χ1n) is 9.07. The highest BCUT2D eigenvalue weighted by Gasteiger charge is 2.13. The van der Waals surface area contributed by atoms with E-state index in [0.717, 1.165) is 81.8 Å². The molecular weight excluding hydrogens is 433 g/mol. The predicted octanol–water partition coefficient (Wildman–Crippen LogP) is 1.80. The van der Waals surface area contributed by atoms with Gasteiger partial charge >= 0.3 is 0 Å². The minimum absolute atomic E-state index is 0. The first kappa shape index (κ1) is 22.2. The molecule has 1 aliphatic rings. The van der Waals surface area contributed by atoms with Crippen molar-refractivity contribution in [3.63, 3.8) is 0 Å². The SMILES string of the molecule is CCNC(=NCc1c(CC)noc1CC)NCCN1CCOCC1.I. The third-order valence-corrected chi connectivity index (χ3v) is 4.17. The first-order valence-corrected chi connectivity index (χ1v) is 9.07. The molecule has 0 bridgehead atoms. The zero-order valence-electron chi connectivity index (χ0n) is 15.6. The summed E-state index contributed by atoms with van der Waals surface area (Å²) in [6.07, 6.45) is 1.72. The number of rotatable bonds is 8. The molecule has 1 aromatic heterocycles. The first-order chi connectivity index (χ1) is 11.8. The van der Waals surface area contributed by atoms with E-state index < -0.39 is 0 Å². The summed E-state index contributed by atoms with van der Waals surface area (Å²) < 4.78 is 10.8. The molecule has 1 fully saturated rings. The van der Waals surface area contributed by atoms with Crippen LogP contribution in [0.4, 0.5) is 0 Å². The molecule has 0 unspecified atom stereocenters.